The molecule has 0 amide bonds. The van der Waals surface area contributed by atoms with Gasteiger partial charge in [0.15, 0.2) is 0 Å². The molecule has 1 aromatic heterocycles. The molecule has 0 radical (unpaired) electrons. The van der Waals surface area contributed by atoms with Gasteiger partial charge in [-0.15, -0.1) is 11.3 Å². The number of thiazole rings is 1. The molecule has 0 saturated carbocycles. The SMILES string of the molecule is Cc1nc(C)c(C(C)NCc2ccc(Br)c(F)c2)s1. The number of nitrogens with zero attached hydrogens (tertiary/aromatic N) is 1. The second-order valence-corrected chi connectivity index (χ2v) is 6.62. The van der Waals surface area contributed by atoms with Crippen molar-refractivity contribution in [2.24, 2.45) is 0 Å². The first-order valence-electron chi connectivity index (χ1n) is 6.08. The van der Waals surface area contributed by atoms with Gasteiger partial charge in [-0.25, -0.2) is 9.37 Å². The van der Waals surface area contributed by atoms with Gasteiger partial charge in [-0.1, -0.05) is 6.07 Å². The predicted octanol–water partition coefficient (Wildman–Crippen LogP) is 4.51. The molecule has 5 heteroatoms. The van der Waals surface area contributed by atoms with Crippen LogP contribution in [0, 0.1) is 19.7 Å². The monoisotopic (exact) mass is 342 g/mol. The van der Waals surface area contributed by atoms with Gasteiger partial charge in [0.05, 0.1) is 15.2 Å². The van der Waals surface area contributed by atoms with E-state index in [1.807, 2.05) is 19.9 Å². The average molecular weight is 343 g/mol. The van der Waals surface area contributed by atoms with Gasteiger partial charge in [-0.05, 0) is 54.4 Å². The molecular formula is C14H16BrFN2S. The maximum absolute atomic E-state index is 13.4. The van der Waals surface area contributed by atoms with Gasteiger partial charge in [0, 0.05) is 17.5 Å². The van der Waals surface area contributed by atoms with Crippen molar-refractivity contribution in [1.29, 1.82) is 0 Å². The summed E-state index contributed by atoms with van der Waals surface area (Å²) in [5.74, 6) is -0.225. The van der Waals surface area contributed by atoms with Crippen molar-refractivity contribution >= 4 is 27.3 Å². The van der Waals surface area contributed by atoms with Crippen molar-refractivity contribution in [3.8, 4) is 0 Å². The summed E-state index contributed by atoms with van der Waals surface area (Å²) in [6, 6.07) is 5.42. The zero-order valence-corrected chi connectivity index (χ0v) is 13.5. The molecule has 1 heterocycles. The summed E-state index contributed by atoms with van der Waals surface area (Å²) in [6.07, 6.45) is 0. The average Bonchev–Trinajstić information content (AvgIpc) is 2.70. The smallest absolute Gasteiger partial charge is 0.137 e. The van der Waals surface area contributed by atoms with E-state index in [1.54, 1.807) is 23.5 Å². The third-order valence-corrected chi connectivity index (χ3v) is 4.83. The van der Waals surface area contributed by atoms with Crippen molar-refractivity contribution < 1.29 is 4.39 Å². The van der Waals surface area contributed by atoms with Crippen molar-refractivity contribution in [1.82, 2.24) is 10.3 Å². The zero-order chi connectivity index (χ0) is 14.0. The van der Waals surface area contributed by atoms with Gasteiger partial charge in [0.2, 0.25) is 0 Å². The summed E-state index contributed by atoms with van der Waals surface area (Å²) in [5.41, 5.74) is 2.01. The van der Waals surface area contributed by atoms with Crippen LogP contribution in [0.15, 0.2) is 22.7 Å². The molecule has 19 heavy (non-hydrogen) atoms. The summed E-state index contributed by atoms with van der Waals surface area (Å²) in [7, 11) is 0. The number of halogens is 2. The Hall–Kier alpha value is -0.780. The number of rotatable bonds is 4. The fourth-order valence-electron chi connectivity index (χ4n) is 1.96. The van der Waals surface area contributed by atoms with Crippen molar-refractivity contribution in [2.45, 2.75) is 33.4 Å². The molecule has 1 atom stereocenters. The Morgan fingerprint density at radius 2 is 2.16 bits per heavy atom. The highest BCUT2D eigenvalue weighted by atomic mass is 79.9. The van der Waals surface area contributed by atoms with E-state index in [2.05, 4.69) is 33.2 Å². The lowest BCUT2D eigenvalue weighted by atomic mass is 10.2. The Bertz CT molecular complexity index is 583. The lowest BCUT2D eigenvalue weighted by molar-refractivity contribution is 0.572. The third kappa shape index (κ3) is 3.61. The van der Waals surface area contributed by atoms with E-state index >= 15 is 0 Å². The number of hydrogen-bond donors (Lipinski definition) is 1. The summed E-state index contributed by atoms with van der Waals surface area (Å²) in [5, 5.41) is 4.48. The molecule has 2 aromatic rings. The summed E-state index contributed by atoms with van der Waals surface area (Å²) in [4.78, 5) is 5.67. The minimum absolute atomic E-state index is 0.220. The number of hydrogen-bond acceptors (Lipinski definition) is 3. The van der Waals surface area contributed by atoms with Gasteiger partial charge in [0.1, 0.15) is 5.82 Å². The van der Waals surface area contributed by atoms with Crippen LogP contribution < -0.4 is 5.32 Å². The highest BCUT2D eigenvalue weighted by Crippen LogP contribution is 2.25. The molecule has 0 saturated heterocycles. The fourth-order valence-corrected chi connectivity index (χ4v) is 3.16. The topological polar surface area (TPSA) is 24.9 Å². The molecule has 102 valence electrons. The number of aromatic nitrogens is 1. The summed E-state index contributed by atoms with van der Waals surface area (Å²) >= 11 is 4.86. The van der Waals surface area contributed by atoms with E-state index < -0.39 is 0 Å². The zero-order valence-electron chi connectivity index (χ0n) is 11.1. The molecule has 2 nitrogen and oxygen atoms in total. The Balaban J connectivity index is 2.02. The first-order chi connectivity index (χ1) is 8.97. The Morgan fingerprint density at radius 3 is 2.74 bits per heavy atom. The van der Waals surface area contributed by atoms with E-state index in [4.69, 9.17) is 0 Å². The van der Waals surface area contributed by atoms with Gasteiger partial charge in [-0.2, -0.15) is 0 Å². The van der Waals surface area contributed by atoms with E-state index in [0.29, 0.717) is 11.0 Å². The van der Waals surface area contributed by atoms with Crippen LogP contribution in [0.4, 0.5) is 4.39 Å². The van der Waals surface area contributed by atoms with Crippen LogP contribution in [0.1, 0.15) is 34.1 Å². The number of benzene rings is 1. The maximum atomic E-state index is 13.4. The Labute approximate surface area is 125 Å². The fraction of sp³-hybridized carbons (Fsp3) is 0.357. The van der Waals surface area contributed by atoms with Gasteiger partial charge in [-0.3, -0.25) is 0 Å². The Kier molecular flexibility index (Phi) is 4.71. The van der Waals surface area contributed by atoms with Crippen molar-refractivity contribution in [2.75, 3.05) is 0 Å². The molecule has 0 fully saturated rings. The van der Waals surface area contributed by atoms with Crippen LogP contribution >= 0.6 is 27.3 Å². The quantitative estimate of drug-likeness (QED) is 0.883. The second kappa shape index (κ2) is 6.11. The molecule has 0 bridgehead atoms. The van der Waals surface area contributed by atoms with Crippen molar-refractivity contribution in [3.63, 3.8) is 0 Å². The number of aryl methyl sites for hydroxylation is 2. The molecule has 1 aromatic carbocycles. The molecule has 0 aliphatic carbocycles. The lowest BCUT2D eigenvalue weighted by Gasteiger charge is -2.13. The Morgan fingerprint density at radius 1 is 1.42 bits per heavy atom. The van der Waals surface area contributed by atoms with E-state index in [-0.39, 0.29) is 11.9 Å². The molecule has 0 aliphatic rings. The van der Waals surface area contributed by atoms with Gasteiger partial charge >= 0.3 is 0 Å². The minimum Gasteiger partial charge on any atom is -0.305 e. The van der Waals surface area contributed by atoms with Crippen LogP contribution in [0.2, 0.25) is 0 Å². The van der Waals surface area contributed by atoms with Crippen LogP contribution in [-0.2, 0) is 6.54 Å². The predicted molar refractivity (Wildman–Crippen MR) is 80.9 cm³/mol. The van der Waals surface area contributed by atoms with Crippen molar-refractivity contribution in [3.05, 3.63) is 49.6 Å². The molecule has 1 N–H and O–H groups in total. The number of nitrogens with one attached hydrogen (secondary N) is 1. The molecule has 0 spiro atoms. The van der Waals surface area contributed by atoms with Crippen LogP contribution in [-0.4, -0.2) is 4.98 Å². The first kappa shape index (κ1) is 14.6. The largest absolute Gasteiger partial charge is 0.305 e. The summed E-state index contributed by atoms with van der Waals surface area (Å²) < 4.78 is 13.9. The van der Waals surface area contributed by atoms with Crippen LogP contribution in [0.25, 0.3) is 0 Å². The normalized spacial score (nSPS) is 12.7. The van der Waals surface area contributed by atoms with E-state index in [9.17, 15) is 4.39 Å². The molecule has 0 aliphatic heterocycles. The van der Waals surface area contributed by atoms with Crippen LogP contribution in [0.5, 0.6) is 0 Å². The van der Waals surface area contributed by atoms with E-state index in [0.717, 1.165) is 16.3 Å². The minimum atomic E-state index is -0.225. The molecule has 2 rings (SSSR count). The third-order valence-electron chi connectivity index (χ3n) is 2.93. The molecular weight excluding hydrogens is 327 g/mol. The second-order valence-electron chi connectivity index (χ2n) is 4.53. The van der Waals surface area contributed by atoms with E-state index in [1.165, 1.54) is 4.88 Å². The maximum Gasteiger partial charge on any atom is 0.137 e. The van der Waals surface area contributed by atoms with Gasteiger partial charge < -0.3 is 5.32 Å². The standard InChI is InChI=1S/C14H16BrFN2S/c1-8(14-9(2)18-10(3)19-14)17-7-11-4-5-12(15)13(16)6-11/h4-6,8,17H,7H2,1-3H3. The van der Waals surface area contributed by atoms with Crippen LogP contribution in [0.3, 0.4) is 0 Å². The highest BCUT2D eigenvalue weighted by Gasteiger charge is 2.12. The first-order valence-corrected chi connectivity index (χ1v) is 7.69. The highest BCUT2D eigenvalue weighted by molar-refractivity contribution is 9.10. The lowest BCUT2D eigenvalue weighted by Crippen LogP contribution is -2.18. The van der Waals surface area contributed by atoms with Gasteiger partial charge in [0.25, 0.3) is 0 Å². The summed E-state index contributed by atoms with van der Waals surface area (Å²) in [6.45, 7) is 6.78. The molecule has 1 unspecified atom stereocenters.